The molecule has 0 bridgehead atoms. The van der Waals surface area contributed by atoms with E-state index in [1.54, 1.807) is 6.08 Å². The van der Waals surface area contributed by atoms with Gasteiger partial charge in [-0.15, -0.1) is 0 Å². The van der Waals surface area contributed by atoms with Crippen LogP contribution < -0.4 is 5.32 Å². The summed E-state index contributed by atoms with van der Waals surface area (Å²) in [6.45, 7) is 7.86. The van der Waals surface area contributed by atoms with Gasteiger partial charge < -0.3 is 5.32 Å². The Morgan fingerprint density at radius 2 is 1.26 bits per heavy atom. The summed E-state index contributed by atoms with van der Waals surface area (Å²) in [4.78, 5) is 4.34. The number of benzene rings is 4. The molecule has 0 heterocycles. The summed E-state index contributed by atoms with van der Waals surface area (Å²) in [5.74, 6) is 0. The van der Waals surface area contributed by atoms with Gasteiger partial charge in [-0.1, -0.05) is 103 Å². The second-order valence-electron chi connectivity index (χ2n) is 7.42. The summed E-state index contributed by atoms with van der Waals surface area (Å²) in [6, 6.07) is 35.2. The Kier molecular flexibility index (Phi) is 9.72. The monoisotopic (exact) mass is 484 g/mol. The Balaban J connectivity index is 0.000000196. The number of rotatable bonds is 7. The van der Waals surface area contributed by atoms with Gasteiger partial charge in [-0.25, -0.2) is 0 Å². The van der Waals surface area contributed by atoms with Crippen molar-refractivity contribution in [2.45, 2.75) is 6.04 Å². The van der Waals surface area contributed by atoms with Gasteiger partial charge in [0.15, 0.2) is 0 Å². The molecule has 0 aliphatic carbocycles. The predicted molar refractivity (Wildman–Crippen MR) is 149 cm³/mol. The lowest BCUT2D eigenvalue weighted by Gasteiger charge is -2.21. The topological polar surface area (TPSA) is 24.4 Å². The Bertz CT molecular complexity index is 1200. The van der Waals surface area contributed by atoms with Crippen LogP contribution in [0.25, 0.3) is 0 Å². The van der Waals surface area contributed by atoms with Crippen molar-refractivity contribution in [2.24, 2.45) is 4.99 Å². The number of nitrogens with one attached hydrogen (secondary N) is 1. The van der Waals surface area contributed by atoms with Gasteiger partial charge in [0.1, 0.15) is 0 Å². The van der Waals surface area contributed by atoms with Crippen LogP contribution in [0.4, 0.5) is 11.4 Å². The van der Waals surface area contributed by atoms with Gasteiger partial charge in [-0.2, -0.15) is 0 Å². The van der Waals surface area contributed by atoms with Gasteiger partial charge in [0, 0.05) is 21.9 Å². The molecule has 34 heavy (non-hydrogen) atoms. The number of para-hydroxylation sites is 2. The van der Waals surface area contributed by atoms with E-state index in [4.69, 9.17) is 23.2 Å². The third-order valence-corrected chi connectivity index (χ3v) is 5.41. The van der Waals surface area contributed by atoms with Gasteiger partial charge >= 0.3 is 0 Å². The smallest absolute Gasteiger partial charge is 0.0761 e. The molecule has 4 aromatic rings. The number of aliphatic imine (C=N–C) groups is 1. The highest BCUT2D eigenvalue weighted by Crippen LogP contribution is 2.27. The van der Waals surface area contributed by atoms with E-state index in [0.29, 0.717) is 0 Å². The van der Waals surface area contributed by atoms with Crippen molar-refractivity contribution < 1.29 is 0 Å². The number of nitrogens with zero attached hydrogens (tertiary/aromatic N) is 1. The van der Waals surface area contributed by atoms with Crippen LogP contribution >= 0.6 is 23.2 Å². The second kappa shape index (κ2) is 13.2. The van der Waals surface area contributed by atoms with Gasteiger partial charge in [-0.05, 0) is 65.2 Å². The third-order valence-electron chi connectivity index (χ3n) is 4.91. The van der Waals surface area contributed by atoms with Crippen molar-refractivity contribution in [3.63, 3.8) is 0 Å². The number of hydrogen-bond acceptors (Lipinski definition) is 2. The molecule has 0 aliphatic rings. The summed E-state index contributed by atoms with van der Waals surface area (Å²) in [7, 11) is 0. The van der Waals surface area contributed by atoms with E-state index >= 15 is 0 Å². The first kappa shape index (κ1) is 25.0. The molecule has 0 saturated carbocycles. The maximum atomic E-state index is 5.93. The fraction of sp³-hybridized carbons (Fsp3) is 0.0333. The Morgan fingerprint density at radius 3 is 1.82 bits per heavy atom. The minimum atomic E-state index is -0.00262. The molecule has 2 nitrogen and oxygen atoms in total. The molecule has 0 fully saturated rings. The Hall–Kier alpha value is -3.59. The van der Waals surface area contributed by atoms with Crippen LogP contribution in [0.5, 0.6) is 0 Å². The standard InChI is InChI=1S/C17H16ClN.C13H10ClN/c1-3-13(2)17(14-9-11-15(18)12-10-14)19-16-7-5-4-6-8-16;14-12-8-6-11(7-9-12)10-15-13-4-2-1-3-5-13/h3-12,17,19H,1-2H2;1-10H/b;15-10+. The summed E-state index contributed by atoms with van der Waals surface area (Å²) < 4.78 is 0. The van der Waals surface area contributed by atoms with Crippen LogP contribution in [-0.2, 0) is 0 Å². The van der Waals surface area contributed by atoms with E-state index in [-0.39, 0.29) is 6.04 Å². The lowest BCUT2D eigenvalue weighted by molar-refractivity contribution is 0.944. The van der Waals surface area contributed by atoms with Gasteiger partial charge in [0.2, 0.25) is 0 Å². The van der Waals surface area contributed by atoms with E-state index in [1.807, 2.05) is 115 Å². The molecule has 0 aromatic heterocycles. The first-order valence-electron chi connectivity index (χ1n) is 10.8. The number of halogens is 2. The fourth-order valence-electron chi connectivity index (χ4n) is 3.08. The van der Waals surface area contributed by atoms with E-state index in [2.05, 4.69) is 23.5 Å². The second-order valence-corrected chi connectivity index (χ2v) is 8.29. The lowest BCUT2D eigenvalue weighted by Crippen LogP contribution is -2.11. The van der Waals surface area contributed by atoms with E-state index in [0.717, 1.165) is 38.1 Å². The molecule has 4 rings (SSSR count). The zero-order valence-electron chi connectivity index (χ0n) is 18.7. The molecule has 170 valence electrons. The summed E-state index contributed by atoms with van der Waals surface area (Å²) in [5.41, 5.74) is 5.07. The molecule has 4 heteroatoms. The molecule has 0 amide bonds. The maximum Gasteiger partial charge on any atom is 0.0761 e. The average Bonchev–Trinajstić information content (AvgIpc) is 2.89. The molecule has 0 radical (unpaired) electrons. The SMILES string of the molecule is C=CC(=C)C(Nc1ccccc1)c1ccc(Cl)cc1.Clc1ccc(/C=N/c2ccccc2)cc1. The highest BCUT2D eigenvalue weighted by atomic mass is 35.5. The molecule has 1 atom stereocenters. The summed E-state index contributed by atoms with van der Waals surface area (Å²) in [5, 5.41) is 4.92. The van der Waals surface area contributed by atoms with Crippen molar-refractivity contribution in [3.8, 4) is 0 Å². The molecule has 0 saturated heterocycles. The van der Waals surface area contributed by atoms with E-state index in [9.17, 15) is 0 Å². The molecular weight excluding hydrogens is 459 g/mol. The zero-order chi connectivity index (χ0) is 24.2. The van der Waals surface area contributed by atoms with Crippen molar-refractivity contribution in [3.05, 3.63) is 155 Å². The highest BCUT2D eigenvalue weighted by molar-refractivity contribution is 6.30. The average molecular weight is 485 g/mol. The van der Waals surface area contributed by atoms with Crippen LogP contribution in [0.1, 0.15) is 17.2 Å². The van der Waals surface area contributed by atoms with E-state index in [1.165, 1.54) is 0 Å². The molecule has 4 aromatic carbocycles. The minimum Gasteiger partial charge on any atom is -0.374 e. The number of anilines is 1. The van der Waals surface area contributed by atoms with Gasteiger partial charge in [-0.3, -0.25) is 4.99 Å². The first-order valence-corrected chi connectivity index (χ1v) is 11.5. The molecular formula is C30H26Cl2N2. The minimum absolute atomic E-state index is 0.00262. The van der Waals surface area contributed by atoms with Crippen LogP contribution in [0.2, 0.25) is 10.0 Å². The lowest BCUT2D eigenvalue weighted by atomic mass is 9.99. The predicted octanol–water partition coefficient (Wildman–Crippen LogP) is 9.33. The van der Waals surface area contributed by atoms with Crippen LogP contribution in [0.3, 0.4) is 0 Å². The number of hydrogen-bond donors (Lipinski definition) is 1. The van der Waals surface area contributed by atoms with Crippen LogP contribution in [0.15, 0.2) is 139 Å². The largest absolute Gasteiger partial charge is 0.374 e. The molecule has 1 N–H and O–H groups in total. The molecule has 0 aliphatic heterocycles. The Labute approximate surface area is 211 Å². The van der Waals surface area contributed by atoms with Crippen LogP contribution in [-0.4, -0.2) is 6.21 Å². The fourth-order valence-corrected chi connectivity index (χ4v) is 3.33. The quantitative estimate of drug-likeness (QED) is 0.205. The van der Waals surface area contributed by atoms with Crippen LogP contribution in [0, 0.1) is 0 Å². The van der Waals surface area contributed by atoms with Crippen molar-refractivity contribution in [1.82, 2.24) is 0 Å². The maximum absolute atomic E-state index is 5.93. The molecule has 1 unspecified atom stereocenters. The first-order chi connectivity index (χ1) is 16.5. The van der Waals surface area contributed by atoms with Gasteiger partial charge in [0.25, 0.3) is 0 Å². The van der Waals surface area contributed by atoms with Crippen molar-refractivity contribution in [2.75, 3.05) is 5.32 Å². The van der Waals surface area contributed by atoms with Gasteiger partial charge in [0.05, 0.1) is 11.7 Å². The Morgan fingerprint density at radius 1 is 0.735 bits per heavy atom. The normalized spacial score (nSPS) is 11.2. The van der Waals surface area contributed by atoms with Crippen molar-refractivity contribution >= 4 is 40.8 Å². The summed E-state index contributed by atoms with van der Waals surface area (Å²) >= 11 is 11.7. The molecule has 0 spiro atoms. The highest BCUT2D eigenvalue weighted by Gasteiger charge is 2.12. The van der Waals surface area contributed by atoms with Crippen molar-refractivity contribution in [1.29, 1.82) is 0 Å². The summed E-state index contributed by atoms with van der Waals surface area (Å²) in [6.07, 6.45) is 3.60. The van der Waals surface area contributed by atoms with E-state index < -0.39 is 0 Å². The zero-order valence-corrected chi connectivity index (χ0v) is 20.3. The third kappa shape index (κ3) is 8.08.